The summed E-state index contributed by atoms with van der Waals surface area (Å²) in [6, 6.07) is 7.32. The minimum Gasteiger partial charge on any atom is -0.288 e. The van der Waals surface area contributed by atoms with Crippen LogP contribution in [0.2, 0.25) is 5.02 Å². The van der Waals surface area contributed by atoms with Crippen LogP contribution in [0.15, 0.2) is 29.6 Å². The number of thiophene rings is 1. The molecule has 0 aliphatic rings. The maximum absolute atomic E-state index is 12.2. The molecule has 1 nitrogen and oxygen atoms in total. The van der Waals surface area contributed by atoms with E-state index in [1.165, 1.54) is 11.3 Å². The van der Waals surface area contributed by atoms with Crippen LogP contribution in [0.3, 0.4) is 0 Å². The van der Waals surface area contributed by atoms with Crippen LogP contribution in [0.5, 0.6) is 0 Å². The number of rotatable bonds is 2. The Morgan fingerprint density at radius 1 is 1.19 bits per heavy atom. The Labute approximate surface area is 104 Å². The van der Waals surface area contributed by atoms with Gasteiger partial charge in [-0.15, -0.1) is 11.3 Å². The predicted molar refractivity (Wildman–Crippen MR) is 68.7 cm³/mol. The Balaban J connectivity index is 2.46. The molecule has 1 aromatic heterocycles. The molecule has 0 saturated carbocycles. The number of hydrogen-bond donors (Lipinski definition) is 0. The first-order chi connectivity index (χ1) is 7.59. The van der Waals surface area contributed by atoms with Gasteiger partial charge in [0, 0.05) is 10.6 Å². The molecule has 3 heteroatoms. The average molecular weight is 251 g/mol. The van der Waals surface area contributed by atoms with Crippen molar-refractivity contribution in [1.29, 1.82) is 0 Å². The summed E-state index contributed by atoms with van der Waals surface area (Å²) in [6.45, 7) is 3.86. The van der Waals surface area contributed by atoms with Gasteiger partial charge in [-0.2, -0.15) is 0 Å². The van der Waals surface area contributed by atoms with E-state index in [2.05, 4.69) is 0 Å². The molecule has 0 aliphatic heterocycles. The van der Waals surface area contributed by atoms with Gasteiger partial charge in [0.05, 0.1) is 4.88 Å². The SMILES string of the molecule is Cc1cc(Cl)ccc1C(=O)c1sccc1C. The second-order valence-electron chi connectivity index (χ2n) is 3.72. The summed E-state index contributed by atoms with van der Waals surface area (Å²) in [7, 11) is 0. The van der Waals surface area contributed by atoms with Gasteiger partial charge < -0.3 is 0 Å². The van der Waals surface area contributed by atoms with Gasteiger partial charge in [0.2, 0.25) is 5.78 Å². The molecule has 0 spiro atoms. The van der Waals surface area contributed by atoms with E-state index in [1.54, 1.807) is 12.1 Å². The van der Waals surface area contributed by atoms with Crippen molar-refractivity contribution in [2.75, 3.05) is 0 Å². The molecule has 0 unspecified atom stereocenters. The second kappa shape index (κ2) is 4.40. The quantitative estimate of drug-likeness (QED) is 0.729. The molecular weight excluding hydrogens is 240 g/mol. The lowest BCUT2D eigenvalue weighted by atomic mass is 10.0. The van der Waals surface area contributed by atoms with Crippen molar-refractivity contribution >= 4 is 28.7 Å². The Kier molecular flexibility index (Phi) is 3.13. The minimum atomic E-state index is 0.0849. The summed E-state index contributed by atoms with van der Waals surface area (Å²) in [5.74, 6) is 0.0849. The van der Waals surface area contributed by atoms with E-state index in [0.29, 0.717) is 5.02 Å². The summed E-state index contributed by atoms with van der Waals surface area (Å²) >= 11 is 7.35. The summed E-state index contributed by atoms with van der Waals surface area (Å²) in [5.41, 5.74) is 2.68. The summed E-state index contributed by atoms with van der Waals surface area (Å²) < 4.78 is 0. The number of benzene rings is 1. The van der Waals surface area contributed by atoms with Crippen molar-refractivity contribution < 1.29 is 4.79 Å². The molecule has 0 amide bonds. The lowest BCUT2D eigenvalue weighted by Crippen LogP contribution is -2.02. The number of carbonyl (C=O) groups excluding carboxylic acids is 1. The van der Waals surface area contributed by atoms with Crippen molar-refractivity contribution in [2.45, 2.75) is 13.8 Å². The number of halogens is 1. The second-order valence-corrected chi connectivity index (χ2v) is 5.07. The molecule has 1 heterocycles. The molecule has 0 atom stereocenters. The van der Waals surface area contributed by atoms with Crippen LogP contribution in [-0.4, -0.2) is 5.78 Å². The first-order valence-electron chi connectivity index (χ1n) is 4.94. The molecule has 0 fully saturated rings. The van der Waals surface area contributed by atoms with E-state index in [0.717, 1.165) is 21.6 Å². The highest BCUT2D eigenvalue weighted by Crippen LogP contribution is 2.23. The van der Waals surface area contributed by atoms with Gasteiger partial charge in [0.1, 0.15) is 0 Å². The summed E-state index contributed by atoms with van der Waals surface area (Å²) in [6.07, 6.45) is 0. The zero-order valence-corrected chi connectivity index (χ0v) is 10.7. The third-order valence-electron chi connectivity index (χ3n) is 2.50. The van der Waals surface area contributed by atoms with Crippen LogP contribution in [-0.2, 0) is 0 Å². The molecule has 2 rings (SSSR count). The number of aryl methyl sites for hydroxylation is 2. The number of ketones is 1. The van der Waals surface area contributed by atoms with Crippen LogP contribution in [0.25, 0.3) is 0 Å². The smallest absolute Gasteiger partial charge is 0.203 e. The Morgan fingerprint density at radius 3 is 2.50 bits per heavy atom. The predicted octanol–water partition coefficient (Wildman–Crippen LogP) is 4.25. The Bertz CT molecular complexity index is 543. The molecule has 0 bridgehead atoms. The van der Waals surface area contributed by atoms with E-state index in [1.807, 2.05) is 31.4 Å². The van der Waals surface area contributed by atoms with E-state index in [9.17, 15) is 4.79 Å². The Hall–Kier alpha value is -1.12. The Morgan fingerprint density at radius 2 is 1.94 bits per heavy atom. The van der Waals surface area contributed by atoms with Crippen LogP contribution in [0, 0.1) is 13.8 Å². The maximum atomic E-state index is 12.2. The molecule has 1 aromatic carbocycles. The van der Waals surface area contributed by atoms with Crippen LogP contribution < -0.4 is 0 Å². The molecule has 0 saturated heterocycles. The van der Waals surface area contributed by atoms with Gasteiger partial charge in [0.15, 0.2) is 0 Å². The van der Waals surface area contributed by atoms with E-state index in [4.69, 9.17) is 11.6 Å². The minimum absolute atomic E-state index is 0.0849. The van der Waals surface area contributed by atoms with Gasteiger partial charge in [-0.05, 0) is 54.6 Å². The van der Waals surface area contributed by atoms with Gasteiger partial charge in [-0.1, -0.05) is 11.6 Å². The monoisotopic (exact) mass is 250 g/mol. The highest BCUT2D eigenvalue weighted by atomic mass is 35.5. The number of carbonyl (C=O) groups is 1. The average Bonchev–Trinajstić information content (AvgIpc) is 2.63. The number of hydrogen-bond acceptors (Lipinski definition) is 2. The van der Waals surface area contributed by atoms with Crippen molar-refractivity contribution in [1.82, 2.24) is 0 Å². The van der Waals surface area contributed by atoms with Gasteiger partial charge >= 0.3 is 0 Å². The van der Waals surface area contributed by atoms with E-state index >= 15 is 0 Å². The van der Waals surface area contributed by atoms with Crippen molar-refractivity contribution in [3.8, 4) is 0 Å². The van der Waals surface area contributed by atoms with Gasteiger partial charge in [-0.25, -0.2) is 0 Å². The van der Waals surface area contributed by atoms with Crippen molar-refractivity contribution in [2.24, 2.45) is 0 Å². The fraction of sp³-hybridized carbons (Fsp3) is 0.154. The van der Waals surface area contributed by atoms with Crippen LogP contribution >= 0.6 is 22.9 Å². The molecule has 0 aliphatic carbocycles. The van der Waals surface area contributed by atoms with Gasteiger partial charge in [-0.3, -0.25) is 4.79 Å². The van der Waals surface area contributed by atoms with E-state index in [-0.39, 0.29) is 5.78 Å². The van der Waals surface area contributed by atoms with Crippen LogP contribution in [0.1, 0.15) is 26.4 Å². The van der Waals surface area contributed by atoms with E-state index < -0.39 is 0 Å². The highest BCUT2D eigenvalue weighted by molar-refractivity contribution is 7.12. The molecule has 16 heavy (non-hydrogen) atoms. The third kappa shape index (κ3) is 2.04. The first kappa shape index (κ1) is 11.4. The fourth-order valence-electron chi connectivity index (χ4n) is 1.61. The largest absolute Gasteiger partial charge is 0.288 e. The maximum Gasteiger partial charge on any atom is 0.203 e. The molecule has 0 radical (unpaired) electrons. The molecule has 82 valence electrons. The van der Waals surface area contributed by atoms with Crippen LogP contribution in [0.4, 0.5) is 0 Å². The fourth-order valence-corrected chi connectivity index (χ4v) is 2.72. The van der Waals surface area contributed by atoms with Crippen molar-refractivity contribution in [3.63, 3.8) is 0 Å². The lowest BCUT2D eigenvalue weighted by molar-refractivity contribution is 0.104. The summed E-state index contributed by atoms with van der Waals surface area (Å²) in [4.78, 5) is 13.0. The molecule has 2 aromatic rings. The van der Waals surface area contributed by atoms with Gasteiger partial charge in [0.25, 0.3) is 0 Å². The summed E-state index contributed by atoms with van der Waals surface area (Å²) in [5, 5.41) is 2.60. The zero-order valence-electron chi connectivity index (χ0n) is 9.08. The molecule has 0 N–H and O–H groups in total. The topological polar surface area (TPSA) is 17.1 Å². The standard InChI is InChI=1S/C13H11ClOS/c1-8-5-6-16-13(8)12(15)11-4-3-10(14)7-9(11)2/h3-7H,1-2H3. The van der Waals surface area contributed by atoms with Crippen molar-refractivity contribution in [3.05, 3.63) is 56.2 Å². The molecular formula is C13H11ClOS. The normalized spacial score (nSPS) is 10.4. The first-order valence-corrected chi connectivity index (χ1v) is 6.20. The third-order valence-corrected chi connectivity index (χ3v) is 3.75. The zero-order chi connectivity index (χ0) is 11.7. The highest BCUT2D eigenvalue weighted by Gasteiger charge is 2.15. The lowest BCUT2D eigenvalue weighted by Gasteiger charge is -2.04.